The van der Waals surface area contributed by atoms with Gasteiger partial charge in [-0.2, -0.15) is 13.2 Å². The SMILES string of the molecule is CCOc1ccc(/C=C/C(=O)NCc2ccc(C(F)(F)F)cc2)cc1. The van der Waals surface area contributed by atoms with Crippen molar-refractivity contribution in [2.75, 3.05) is 6.61 Å². The molecule has 2 aromatic carbocycles. The van der Waals surface area contributed by atoms with E-state index in [0.29, 0.717) is 12.2 Å². The Bertz CT molecular complexity index is 720. The third-order valence-corrected chi connectivity index (χ3v) is 3.37. The number of benzene rings is 2. The fourth-order valence-corrected chi connectivity index (χ4v) is 2.07. The summed E-state index contributed by atoms with van der Waals surface area (Å²) in [6, 6.07) is 12.0. The topological polar surface area (TPSA) is 38.3 Å². The van der Waals surface area contributed by atoms with Gasteiger partial charge >= 0.3 is 6.18 Å². The molecule has 0 aliphatic rings. The molecule has 0 aliphatic carbocycles. The Labute approximate surface area is 144 Å². The number of rotatable bonds is 6. The average Bonchev–Trinajstić information content (AvgIpc) is 2.59. The maximum atomic E-state index is 12.5. The number of carbonyl (C=O) groups excluding carboxylic acids is 1. The first-order chi connectivity index (χ1) is 11.9. The van der Waals surface area contributed by atoms with Crippen molar-refractivity contribution < 1.29 is 22.7 Å². The van der Waals surface area contributed by atoms with Gasteiger partial charge in [-0.3, -0.25) is 4.79 Å². The predicted molar refractivity (Wildman–Crippen MR) is 89.9 cm³/mol. The molecule has 0 saturated carbocycles. The highest BCUT2D eigenvalue weighted by molar-refractivity contribution is 5.91. The zero-order chi connectivity index (χ0) is 18.3. The zero-order valence-electron chi connectivity index (χ0n) is 13.6. The molecule has 0 aliphatic heterocycles. The molecule has 0 fully saturated rings. The summed E-state index contributed by atoms with van der Waals surface area (Å²) in [5.41, 5.74) is 0.724. The minimum absolute atomic E-state index is 0.157. The molecule has 0 radical (unpaired) electrons. The molecule has 0 bridgehead atoms. The highest BCUT2D eigenvalue weighted by Crippen LogP contribution is 2.29. The molecule has 3 nitrogen and oxygen atoms in total. The molecule has 6 heteroatoms. The van der Waals surface area contributed by atoms with E-state index in [2.05, 4.69) is 5.32 Å². The minimum atomic E-state index is -4.36. The molecule has 1 N–H and O–H groups in total. The summed E-state index contributed by atoms with van der Waals surface area (Å²) >= 11 is 0. The lowest BCUT2D eigenvalue weighted by molar-refractivity contribution is -0.137. The summed E-state index contributed by atoms with van der Waals surface area (Å²) < 4.78 is 42.8. The third-order valence-electron chi connectivity index (χ3n) is 3.37. The monoisotopic (exact) mass is 349 g/mol. The largest absolute Gasteiger partial charge is 0.494 e. The number of alkyl halides is 3. The molecule has 0 unspecified atom stereocenters. The molecule has 0 saturated heterocycles. The van der Waals surface area contributed by atoms with Crippen molar-refractivity contribution >= 4 is 12.0 Å². The van der Waals surface area contributed by atoms with Gasteiger partial charge in [0, 0.05) is 12.6 Å². The van der Waals surface area contributed by atoms with Crippen LogP contribution in [-0.2, 0) is 17.5 Å². The van der Waals surface area contributed by atoms with Crippen molar-refractivity contribution in [3.05, 3.63) is 71.3 Å². The minimum Gasteiger partial charge on any atom is -0.494 e. The Balaban J connectivity index is 1.85. The Kier molecular flexibility index (Phi) is 6.22. The molecule has 2 rings (SSSR count). The Morgan fingerprint density at radius 1 is 1.08 bits per heavy atom. The molecule has 0 atom stereocenters. The van der Waals surface area contributed by atoms with Gasteiger partial charge in [0.2, 0.25) is 5.91 Å². The summed E-state index contributed by atoms with van der Waals surface area (Å²) in [6.45, 7) is 2.64. The van der Waals surface area contributed by atoms with Crippen LogP contribution in [0.2, 0.25) is 0 Å². The van der Waals surface area contributed by atoms with Crippen LogP contribution >= 0.6 is 0 Å². The van der Waals surface area contributed by atoms with E-state index in [4.69, 9.17) is 4.74 Å². The molecule has 1 amide bonds. The first kappa shape index (κ1) is 18.6. The summed E-state index contributed by atoms with van der Waals surface area (Å²) in [4.78, 5) is 11.8. The van der Waals surface area contributed by atoms with E-state index in [1.165, 1.54) is 18.2 Å². The Morgan fingerprint density at radius 2 is 1.72 bits per heavy atom. The molecule has 0 aromatic heterocycles. The molecular weight excluding hydrogens is 331 g/mol. The van der Waals surface area contributed by atoms with E-state index in [-0.39, 0.29) is 12.5 Å². The molecule has 132 valence electrons. The molecular formula is C19H18F3NO2. The lowest BCUT2D eigenvalue weighted by atomic mass is 10.1. The van der Waals surface area contributed by atoms with Crippen LogP contribution in [0.15, 0.2) is 54.6 Å². The maximum absolute atomic E-state index is 12.5. The second-order valence-corrected chi connectivity index (χ2v) is 5.25. The molecule has 25 heavy (non-hydrogen) atoms. The van der Waals surface area contributed by atoms with Crippen LogP contribution in [0.1, 0.15) is 23.6 Å². The third kappa shape index (κ3) is 5.99. The van der Waals surface area contributed by atoms with E-state index in [9.17, 15) is 18.0 Å². The Hall–Kier alpha value is -2.76. The van der Waals surface area contributed by atoms with E-state index >= 15 is 0 Å². The fraction of sp³-hybridized carbons (Fsp3) is 0.211. The number of nitrogens with one attached hydrogen (secondary N) is 1. The maximum Gasteiger partial charge on any atom is 0.416 e. The number of ether oxygens (including phenoxy) is 1. The second kappa shape index (κ2) is 8.37. The van der Waals surface area contributed by atoms with Crippen molar-refractivity contribution in [3.8, 4) is 5.75 Å². The van der Waals surface area contributed by atoms with Gasteiger partial charge in [-0.25, -0.2) is 0 Å². The first-order valence-electron chi connectivity index (χ1n) is 7.73. The fourth-order valence-electron chi connectivity index (χ4n) is 2.07. The van der Waals surface area contributed by atoms with E-state index in [1.807, 2.05) is 31.2 Å². The van der Waals surface area contributed by atoms with Crippen LogP contribution in [0.5, 0.6) is 5.75 Å². The van der Waals surface area contributed by atoms with Crippen LogP contribution in [0, 0.1) is 0 Å². The Morgan fingerprint density at radius 3 is 2.28 bits per heavy atom. The summed E-state index contributed by atoms with van der Waals surface area (Å²) in [6.07, 6.45) is -1.33. The van der Waals surface area contributed by atoms with Gasteiger partial charge in [-0.15, -0.1) is 0 Å². The van der Waals surface area contributed by atoms with Crippen LogP contribution in [0.25, 0.3) is 6.08 Å². The summed E-state index contributed by atoms with van der Waals surface area (Å²) in [5, 5.41) is 2.63. The lowest BCUT2D eigenvalue weighted by Gasteiger charge is -2.08. The van der Waals surface area contributed by atoms with Crippen molar-refractivity contribution in [2.24, 2.45) is 0 Å². The highest BCUT2D eigenvalue weighted by atomic mass is 19.4. The van der Waals surface area contributed by atoms with Gasteiger partial charge < -0.3 is 10.1 Å². The van der Waals surface area contributed by atoms with Crippen LogP contribution in [-0.4, -0.2) is 12.5 Å². The number of carbonyl (C=O) groups is 1. The van der Waals surface area contributed by atoms with Gasteiger partial charge in [-0.05, 0) is 48.4 Å². The average molecular weight is 349 g/mol. The predicted octanol–water partition coefficient (Wildman–Crippen LogP) is 4.43. The lowest BCUT2D eigenvalue weighted by Crippen LogP contribution is -2.20. The van der Waals surface area contributed by atoms with Gasteiger partial charge in [-0.1, -0.05) is 24.3 Å². The van der Waals surface area contributed by atoms with E-state index in [0.717, 1.165) is 23.4 Å². The van der Waals surface area contributed by atoms with Crippen LogP contribution < -0.4 is 10.1 Å². The zero-order valence-corrected chi connectivity index (χ0v) is 13.6. The quantitative estimate of drug-likeness (QED) is 0.784. The number of hydrogen-bond donors (Lipinski definition) is 1. The highest BCUT2D eigenvalue weighted by Gasteiger charge is 2.29. The van der Waals surface area contributed by atoms with Crippen LogP contribution in [0.4, 0.5) is 13.2 Å². The van der Waals surface area contributed by atoms with Crippen molar-refractivity contribution in [3.63, 3.8) is 0 Å². The van der Waals surface area contributed by atoms with Gasteiger partial charge in [0.15, 0.2) is 0 Å². The van der Waals surface area contributed by atoms with E-state index < -0.39 is 11.7 Å². The second-order valence-electron chi connectivity index (χ2n) is 5.25. The molecule has 2 aromatic rings. The van der Waals surface area contributed by atoms with Gasteiger partial charge in [0.1, 0.15) is 5.75 Å². The van der Waals surface area contributed by atoms with Crippen molar-refractivity contribution in [1.29, 1.82) is 0 Å². The van der Waals surface area contributed by atoms with Gasteiger partial charge in [0.25, 0.3) is 0 Å². The number of amides is 1. The molecule has 0 heterocycles. The van der Waals surface area contributed by atoms with E-state index in [1.54, 1.807) is 6.08 Å². The van der Waals surface area contributed by atoms with Crippen molar-refractivity contribution in [1.82, 2.24) is 5.32 Å². The number of hydrogen-bond acceptors (Lipinski definition) is 2. The van der Waals surface area contributed by atoms with Gasteiger partial charge in [0.05, 0.1) is 12.2 Å². The smallest absolute Gasteiger partial charge is 0.416 e. The summed E-state index contributed by atoms with van der Waals surface area (Å²) in [7, 11) is 0. The number of halogens is 3. The van der Waals surface area contributed by atoms with Crippen molar-refractivity contribution in [2.45, 2.75) is 19.6 Å². The first-order valence-corrected chi connectivity index (χ1v) is 7.73. The summed E-state index contributed by atoms with van der Waals surface area (Å²) in [5.74, 6) is 0.431. The standard InChI is InChI=1S/C19H18F3NO2/c1-2-25-17-10-5-14(6-11-17)7-12-18(24)23-13-15-3-8-16(9-4-15)19(20,21)22/h3-12H,2,13H2,1H3,(H,23,24)/b12-7+. The normalized spacial score (nSPS) is 11.5. The van der Waals surface area contributed by atoms with Crippen LogP contribution in [0.3, 0.4) is 0 Å². The molecule has 0 spiro atoms.